The predicted molar refractivity (Wildman–Crippen MR) is 61.8 cm³/mol. The Morgan fingerprint density at radius 3 is 1.69 bits per heavy atom. The van der Waals surface area contributed by atoms with Crippen LogP contribution in [0.15, 0.2) is 22.6 Å². The molecule has 2 aromatic rings. The first-order valence-corrected chi connectivity index (χ1v) is 4.83. The Morgan fingerprint density at radius 2 is 1.38 bits per heavy atom. The Balaban J connectivity index is 1.96. The summed E-state index contributed by atoms with van der Waals surface area (Å²) in [6, 6.07) is 0. The van der Waals surface area contributed by atoms with Crippen molar-refractivity contribution in [3.63, 3.8) is 0 Å². The van der Waals surface area contributed by atoms with E-state index in [0.29, 0.717) is 0 Å². The molecule has 0 aliphatic heterocycles. The van der Waals surface area contributed by atoms with Gasteiger partial charge in [0.25, 0.3) is 0 Å². The van der Waals surface area contributed by atoms with Crippen LogP contribution in [0.25, 0.3) is 0 Å². The number of rotatable bonds is 3. The van der Waals surface area contributed by atoms with Crippen molar-refractivity contribution in [2.24, 2.45) is 10.2 Å². The second kappa shape index (κ2) is 4.52. The van der Waals surface area contributed by atoms with Crippen LogP contribution in [0.5, 0.6) is 0 Å². The first-order chi connectivity index (χ1) is 7.74. The maximum atomic E-state index is 4.04. The van der Waals surface area contributed by atoms with Crippen LogP contribution in [0.2, 0.25) is 0 Å². The molecule has 16 heavy (non-hydrogen) atoms. The maximum absolute atomic E-state index is 4.04. The number of aryl methyl sites for hydroxylation is 2. The SMILES string of the molecule is Cc1ncc(/C=N/N=C/c2cnc(C)[nH]2)[nH]1. The van der Waals surface area contributed by atoms with E-state index < -0.39 is 0 Å². The normalized spacial score (nSPS) is 11.9. The Bertz CT molecular complexity index is 471. The lowest BCUT2D eigenvalue weighted by atomic mass is 10.5. The molecule has 0 aliphatic carbocycles. The Kier molecular flexibility index (Phi) is 2.90. The summed E-state index contributed by atoms with van der Waals surface area (Å²) in [5.74, 6) is 1.71. The van der Waals surface area contributed by atoms with E-state index in [9.17, 15) is 0 Å². The van der Waals surface area contributed by atoms with Gasteiger partial charge in [0.05, 0.1) is 36.2 Å². The second-order valence-corrected chi connectivity index (χ2v) is 3.34. The highest BCUT2D eigenvalue weighted by Gasteiger charge is 1.91. The Morgan fingerprint density at radius 1 is 0.938 bits per heavy atom. The summed E-state index contributed by atoms with van der Waals surface area (Å²) < 4.78 is 0. The molecule has 0 atom stereocenters. The average Bonchev–Trinajstić information content (AvgIpc) is 2.83. The van der Waals surface area contributed by atoms with Gasteiger partial charge in [-0.15, -0.1) is 0 Å². The fourth-order valence-corrected chi connectivity index (χ4v) is 1.20. The number of hydrogen-bond donors (Lipinski definition) is 2. The third kappa shape index (κ3) is 2.63. The van der Waals surface area contributed by atoms with Crippen molar-refractivity contribution in [2.75, 3.05) is 0 Å². The van der Waals surface area contributed by atoms with Crippen molar-refractivity contribution in [1.29, 1.82) is 0 Å². The third-order valence-corrected chi connectivity index (χ3v) is 1.91. The number of nitrogens with zero attached hydrogens (tertiary/aromatic N) is 4. The molecule has 2 aromatic heterocycles. The minimum absolute atomic E-state index is 0.829. The van der Waals surface area contributed by atoms with Crippen molar-refractivity contribution in [2.45, 2.75) is 13.8 Å². The number of hydrogen-bond acceptors (Lipinski definition) is 4. The van der Waals surface area contributed by atoms with Crippen LogP contribution in [0.1, 0.15) is 23.0 Å². The summed E-state index contributed by atoms with van der Waals surface area (Å²) in [5.41, 5.74) is 1.66. The van der Waals surface area contributed by atoms with Crippen LogP contribution in [-0.4, -0.2) is 32.4 Å². The van der Waals surface area contributed by atoms with Gasteiger partial charge in [-0.05, 0) is 13.8 Å². The zero-order valence-electron chi connectivity index (χ0n) is 9.10. The third-order valence-electron chi connectivity index (χ3n) is 1.91. The molecule has 0 saturated heterocycles. The van der Waals surface area contributed by atoms with Crippen molar-refractivity contribution in [1.82, 2.24) is 19.9 Å². The smallest absolute Gasteiger partial charge is 0.103 e. The van der Waals surface area contributed by atoms with Gasteiger partial charge >= 0.3 is 0 Å². The van der Waals surface area contributed by atoms with E-state index in [-0.39, 0.29) is 0 Å². The van der Waals surface area contributed by atoms with E-state index in [2.05, 4.69) is 30.1 Å². The van der Waals surface area contributed by atoms with E-state index >= 15 is 0 Å². The highest BCUT2D eigenvalue weighted by Crippen LogP contribution is 1.93. The Labute approximate surface area is 92.6 Å². The maximum Gasteiger partial charge on any atom is 0.103 e. The molecule has 0 aliphatic rings. The summed E-state index contributed by atoms with van der Waals surface area (Å²) in [6.07, 6.45) is 6.63. The second-order valence-electron chi connectivity index (χ2n) is 3.34. The summed E-state index contributed by atoms with van der Waals surface area (Å²) in [5, 5.41) is 7.77. The molecule has 0 aromatic carbocycles. The van der Waals surface area contributed by atoms with Gasteiger partial charge in [0.2, 0.25) is 0 Å². The summed E-state index contributed by atoms with van der Waals surface area (Å²) in [6.45, 7) is 3.77. The van der Waals surface area contributed by atoms with Gasteiger partial charge < -0.3 is 9.97 Å². The highest BCUT2D eigenvalue weighted by atomic mass is 15.2. The summed E-state index contributed by atoms with van der Waals surface area (Å²) in [7, 11) is 0. The van der Waals surface area contributed by atoms with Crippen molar-refractivity contribution in [3.8, 4) is 0 Å². The largest absolute Gasteiger partial charge is 0.341 e. The molecule has 0 saturated carbocycles. The molecule has 6 heteroatoms. The molecule has 82 valence electrons. The minimum atomic E-state index is 0.829. The van der Waals surface area contributed by atoms with Crippen molar-refractivity contribution >= 4 is 12.4 Å². The average molecular weight is 216 g/mol. The lowest BCUT2D eigenvalue weighted by Crippen LogP contribution is -1.82. The van der Waals surface area contributed by atoms with E-state index in [1.165, 1.54) is 0 Å². The standard InChI is InChI=1S/C10H12N6/c1-7-11-3-9(15-7)5-13-14-6-10-4-12-8(2)16-10/h3-6H,1-2H3,(H,11,15)(H,12,16)/b13-5+,14-6+. The summed E-state index contributed by atoms with van der Waals surface area (Å²) in [4.78, 5) is 14.1. The monoisotopic (exact) mass is 216 g/mol. The molecular formula is C10H12N6. The molecule has 2 rings (SSSR count). The fraction of sp³-hybridized carbons (Fsp3) is 0.200. The molecule has 0 bridgehead atoms. The number of aromatic amines is 2. The van der Waals surface area contributed by atoms with E-state index in [4.69, 9.17) is 0 Å². The molecule has 0 fully saturated rings. The topological polar surface area (TPSA) is 82.1 Å². The van der Waals surface area contributed by atoms with Crippen LogP contribution in [0, 0.1) is 13.8 Å². The highest BCUT2D eigenvalue weighted by molar-refractivity contribution is 5.79. The lowest BCUT2D eigenvalue weighted by molar-refractivity contribution is 1.14. The summed E-state index contributed by atoms with van der Waals surface area (Å²) >= 11 is 0. The van der Waals surface area contributed by atoms with Crippen LogP contribution >= 0.6 is 0 Å². The van der Waals surface area contributed by atoms with Gasteiger partial charge in [0.1, 0.15) is 11.6 Å². The zero-order chi connectivity index (χ0) is 11.4. The number of H-pyrrole nitrogens is 2. The van der Waals surface area contributed by atoms with Crippen LogP contribution in [-0.2, 0) is 0 Å². The van der Waals surface area contributed by atoms with Crippen LogP contribution in [0.4, 0.5) is 0 Å². The van der Waals surface area contributed by atoms with E-state index in [0.717, 1.165) is 23.0 Å². The van der Waals surface area contributed by atoms with Crippen LogP contribution < -0.4 is 0 Å². The molecule has 0 unspecified atom stereocenters. The molecule has 0 amide bonds. The van der Waals surface area contributed by atoms with E-state index in [1.54, 1.807) is 24.8 Å². The quantitative estimate of drug-likeness (QED) is 0.597. The zero-order valence-corrected chi connectivity index (χ0v) is 9.10. The molecule has 2 N–H and O–H groups in total. The molecule has 2 heterocycles. The number of imidazole rings is 2. The predicted octanol–water partition coefficient (Wildman–Crippen LogP) is 1.20. The Hall–Kier alpha value is -2.24. The van der Waals surface area contributed by atoms with Crippen molar-refractivity contribution < 1.29 is 0 Å². The van der Waals surface area contributed by atoms with Crippen LogP contribution in [0.3, 0.4) is 0 Å². The van der Waals surface area contributed by atoms with Gasteiger partial charge in [-0.25, -0.2) is 9.97 Å². The molecule has 6 nitrogen and oxygen atoms in total. The fourth-order valence-electron chi connectivity index (χ4n) is 1.20. The lowest BCUT2D eigenvalue weighted by Gasteiger charge is -1.82. The first kappa shape index (κ1) is 10.3. The van der Waals surface area contributed by atoms with Gasteiger partial charge in [0, 0.05) is 0 Å². The van der Waals surface area contributed by atoms with Gasteiger partial charge in [-0.1, -0.05) is 0 Å². The van der Waals surface area contributed by atoms with E-state index in [1.807, 2.05) is 13.8 Å². The van der Waals surface area contributed by atoms with Crippen molar-refractivity contribution in [3.05, 3.63) is 35.4 Å². The van der Waals surface area contributed by atoms with Gasteiger partial charge in [-0.3, -0.25) is 0 Å². The number of nitrogens with one attached hydrogen (secondary N) is 2. The first-order valence-electron chi connectivity index (χ1n) is 4.83. The minimum Gasteiger partial charge on any atom is -0.341 e. The molecular weight excluding hydrogens is 204 g/mol. The molecule has 0 spiro atoms. The van der Waals surface area contributed by atoms with Gasteiger partial charge in [-0.2, -0.15) is 10.2 Å². The van der Waals surface area contributed by atoms with Gasteiger partial charge in [0.15, 0.2) is 0 Å². The molecule has 0 radical (unpaired) electrons. The number of aromatic nitrogens is 4.